The van der Waals surface area contributed by atoms with Crippen LogP contribution in [0.2, 0.25) is 0 Å². The van der Waals surface area contributed by atoms with Crippen LogP contribution in [0.4, 0.5) is 0 Å². The highest BCUT2D eigenvalue weighted by Gasteiger charge is 2.42. The Morgan fingerprint density at radius 1 is 0.975 bits per heavy atom. The van der Waals surface area contributed by atoms with Gasteiger partial charge >= 0.3 is 0 Å². The van der Waals surface area contributed by atoms with Gasteiger partial charge in [0, 0.05) is 17.7 Å². The molecule has 0 bridgehead atoms. The van der Waals surface area contributed by atoms with Crippen LogP contribution in [0, 0.1) is 13.8 Å². The number of hydrogen-bond acceptors (Lipinski definition) is 5. The lowest BCUT2D eigenvalue weighted by Gasteiger charge is -2.27. The number of nitrogens with one attached hydrogen (secondary N) is 1. The largest absolute Gasteiger partial charge is 0.507 e. The lowest BCUT2D eigenvalue weighted by atomic mass is 9.85. The molecule has 0 aliphatic carbocycles. The van der Waals surface area contributed by atoms with E-state index < -0.39 is 0 Å². The SMILES string of the molecule is COc1ccc(CCN2C(=O)c3[nH]nc(-c4cc(C)cc(C)c4O)c3C2c2ccc(C(C)(C)C)cc2)cc1OC. The van der Waals surface area contributed by atoms with Gasteiger partial charge in [-0.05, 0) is 71.7 Å². The number of aromatic amines is 1. The summed E-state index contributed by atoms with van der Waals surface area (Å²) in [6.45, 7) is 10.9. The lowest BCUT2D eigenvalue weighted by molar-refractivity contribution is 0.0746. The Kier molecular flexibility index (Phi) is 7.08. The Bertz CT molecular complexity index is 1560. The lowest BCUT2D eigenvalue weighted by Crippen LogP contribution is -2.31. The Labute approximate surface area is 235 Å². The molecule has 208 valence electrons. The van der Waals surface area contributed by atoms with Gasteiger partial charge in [-0.1, -0.05) is 57.2 Å². The third-order valence-corrected chi connectivity index (χ3v) is 7.75. The second-order valence-corrected chi connectivity index (χ2v) is 11.6. The molecule has 7 nitrogen and oxygen atoms in total. The highest BCUT2D eigenvalue weighted by Crippen LogP contribution is 2.45. The van der Waals surface area contributed by atoms with Crippen molar-refractivity contribution in [1.82, 2.24) is 15.1 Å². The molecule has 2 N–H and O–H groups in total. The average Bonchev–Trinajstić information content (AvgIpc) is 3.47. The summed E-state index contributed by atoms with van der Waals surface area (Å²) < 4.78 is 10.9. The first-order valence-electron chi connectivity index (χ1n) is 13.5. The highest BCUT2D eigenvalue weighted by molar-refractivity contribution is 6.00. The van der Waals surface area contributed by atoms with E-state index in [1.54, 1.807) is 14.2 Å². The van der Waals surface area contributed by atoms with Gasteiger partial charge in [0.25, 0.3) is 5.91 Å². The number of aryl methyl sites for hydroxylation is 2. The van der Waals surface area contributed by atoms with Crippen LogP contribution in [0.25, 0.3) is 11.3 Å². The molecular formula is C33H37N3O4. The number of aromatic hydroxyl groups is 1. The van der Waals surface area contributed by atoms with E-state index in [1.807, 2.05) is 49.1 Å². The number of methoxy groups -OCH3 is 2. The molecule has 0 radical (unpaired) electrons. The number of carbonyl (C=O) groups excluding carboxylic acids is 1. The third-order valence-electron chi connectivity index (χ3n) is 7.75. The smallest absolute Gasteiger partial charge is 0.273 e. The monoisotopic (exact) mass is 539 g/mol. The van der Waals surface area contributed by atoms with Crippen LogP contribution in [0.1, 0.15) is 70.7 Å². The molecule has 0 fully saturated rings. The zero-order valence-corrected chi connectivity index (χ0v) is 24.3. The number of phenolic OH excluding ortho intramolecular Hbond substituents is 1. The van der Waals surface area contributed by atoms with Gasteiger partial charge in [-0.3, -0.25) is 9.89 Å². The number of benzene rings is 3. The molecule has 0 saturated carbocycles. The first-order valence-corrected chi connectivity index (χ1v) is 13.5. The zero-order valence-electron chi connectivity index (χ0n) is 24.3. The summed E-state index contributed by atoms with van der Waals surface area (Å²) >= 11 is 0. The van der Waals surface area contributed by atoms with Gasteiger partial charge in [0.2, 0.25) is 0 Å². The molecule has 40 heavy (non-hydrogen) atoms. The van der Waals surface area contributed by atoms with E-state index >= 15 is 0 Å². The number of hydrogen-bond donors (Lipinski definition) is 2. The fourth-order valence-electron chi connectivity index (χ4n) is 5.57. The van der Waals surface area contributed by atoms with Crippen LogP contribution < -0.4 is 9.47 Å². The molecule has 1 atom stereocenters. The fourth-order valence-corrected chi connectivity index (χ4v) is 5.57. The van der Waals surface area contributed by atoms with Crippen molar-refractivity contribution < 1.29 is 19.4 Å². The summed E-state index contributed by atoms with van der Waals surface area (Å²) in [6.07, 6.45) is 0.629. The molecule has 0 saturated heterocycles. The summed E-state index contributed by atoms with van der Waals surface area (Å²) in [7, 11) is 3.23. The van der Waals surface area contributed by atoms with Crippen molar-refractivity contribution in [3.05, 3.63) is 93.7 Å². The second kappa shape index (κ2) is 10.4. The zero-order chi connectivity index (χ0) is 28.8. The molecule has 5 rings (SSSR count). The van der Waals surface area contributed by atoms with Crippen LogP contribution >= 0.6 is 0 Å². The molecule has 3 aromatic carbocycles. The molecular weight excluding hydrogens is 502 g/mol. The van der Waals surface area contributed by atoms with Gasteiger partial charge in [-0.25, -0.2) is 0 Å². The maximum Gasteiger partial charge on any atom is 0.273 e. The molecule has 7 heteroatoms. The first kappa shape index (κ1) is 27.3. The Balaban J connectivity index is 1.58. The van der Waals surface area contributed by atoms with Crippen molar-refractivity contribution in [2.24, 2.45) is 0 Å². The normalized spacial score (nSPS) is 14.9. The molecule has 1 aromatic heterocycles. The molecule has 1 aliphatic rings. The summed E-state index contributed by atoms with van der Waals surface area (Å²) in [5.41, 5.74) is 7.53. The maximum atomic E-state index is 13.9. The Morgan fingerprint density at radius 3 is 2.33 bits per heavy atom. The minimum absolute atomic E-state index is 0.00791. The summed E-state index contributed by atoms with van der Waals surface area (Å²) in [6, 6.07) is 17.8. The molecule has 1 amide bonds. The van der Waals surface area contributed by atoms with Crippen LogP contribution in [-0.4, -0.2) is 46.9 Å². The number of nitrogens with zero attached hydrogens (tertiary/aromatic N) is 2. The van der Waals surface area contributed by atoms with E-state index in [-0.39, 0.29) is 23.1 Å². The van der Waals surface area contributed by atoms with Crippen molar-refractivity contribution in [3.63, 3.8) is 0 Å². The number of H-pyrrole nitrogens is 1. The van der Waals surface area contributed by atoms with Gasteiger partial charge in [0.1, 0.15) is 17.1 Å². The van der Waals surface area contributed by atoms with Crippen molar-refractivity contribution >= 4 is 5.91 Å². The number of rotatable bonds is 7. The van der Waals surface area contributed by atoms with Crippen LogP contribution in [0.15, 0.2) is 54.6 Å². The van der Waals surface area contributed by atoms with Crippen LogP contribution in [0.3, 0.4) is 0 Å². The number of aromatic nitrogens is 2. The van der Waals surface area contributed by atoms with Crippen molar-refractivity contribution in [2.75, 3.05) is 20.8 Å². The van der Waals surface area contributed by atoms with E-state index in [0.717, 1.165) is 27.8 Å². The van der Waals surface area contributed by atoms with Crippen LogP contribution in [0.5, 0.6) is 17.2 Å². The first-order chi connectivity index (χ1) is 19.0. The number of phenols is 1. The molecule has 2 heterocycles. The van der Waals surface area contributed by atoms with Gasteiger partial charge in [0.05, 0.1) is 20.3 Å². The highest BCUT2D eigenvalue weighted by atomic mass is 16.5. The molecule has 1 unspecified atom stereocenters. The fraction of sp³-hybridized carbons (Fsp3) is 0.333. The van der Waals surface area contributed by atoms with Gasteiger partial charge < -0.3 is 19.5 Å². The number of amides is 1. The predicted octanol–water partition coefficient (Wildman–Crippen LogP) is 6.50. The van der Waals surface area contributed by atoms with E-state index in [0.29, 0.717) is 41.4 Å². The van der Waals surface area contributed by atoms with Gasteiger partial charge in [-0.2, -0.15) is 5.10 Å². The minimum atomic E-state index is -0.356. The van der Waals surface area contributed by atoms with Crippen molar-refractivity contribution in [3.8, 4) is 28.5 Å². The second-order valence-electron chi connectivity index (χ2n) is 11.6. The maximum absolute atomic E-state index is 13.9. The summed E-state index contributed by atoms with van der Waals surface area (Å²) in [4.78, 5) is 15.8. The third kappa shape index (κ3) is 4.81. The number of carbonyl (C=O) groups is 1. The standard InChI is InChI=1S/C33H37N3O4/c1-19-16-20(2)31(37)24(17-19)28-27-29(35-34-28)32(38)36(15-14-21-8-13-25(39-6)26(18-21)40-7)30(27)22-9-11-23(12-10-22)33(3,4)5/h8-13,16-18,30,37H,14-15H2,1-7H3,(H,34,35). The minimum Gasteiger partial charge on any atom is -0.507 e. The van der Waals surface area contributed by atoms with Crippen molar-refractivity contribution in [1.29, 1.82) is 0 Å². The number of ether oxygens (including phenoxy) is 2. The van der Waals surface area contributed by atoms with E-state index in [2.05, 4.69) is 55.2 Å². The topological polar surface area (TPSA) is 87.7 Å². The Morgan fingerprint density at radius 2 is 1.68 bits per heavy atom. The van der Waals surface area contributed by atoms with Gasteiger partial charge in [-0.15, -0.1) is 0 Å². The number of fused-ring (bicyclic) bond motifs is 1. The molecule has 0 spiro atoms. The molecule has 4 aromatic rings. The summed E-state index contributed by atoms with van der Waals surface area (Å²) in [5.74, 6) is 1.39. The Hall–Kier alpha value is -4.26. The average molecular weight is 540 g/mol. The van der Waals surface area contributed by atoms with Crippen LogP contribution in [-0.2, 0) is 11.8 Å². The quantitative estimate of drug-likeness (QED) is 0.280. The van der Waals surface area contributed by atoms with Crippen molar-refractivity contribution in [2.45, 2.75) is 52.5 Å². The summed E-state index contributed by atoms with van der Waals surface area (Å²) in [5, 5.41) is 18.6. The van der Waals surface area contributed by atoms with E-state index in [1.165, 1.54) is 5.56 Å². The molecule has 1 aliphatic heterocycles. The van der Waals surface area contributed by atoms with E-state index in [4.69, 9.17) is 9.47 Å². The predicted molar refractivity (Wildman–Crippen MR) is 156 cm³/mol. The van der Waals surface area contributed by atoms with Gasteiger partial charge in [0.15, 0.2) is 11.5 Å². The van der Waals surface area contributed by atoms with E-state index in [9.17, 15) is 9.90 Å².